The van der Waals surface area contributed by atoms with Crippen molar-refractivity contribution in [1.29, 1.82) is 0 Å². The summed E-state index contributed by atoms with van der Waals surface area (Å²) in [6.07, 6.45) is 5.18. The van der Waals surface area contributed by atoms with Gasteiger partial charge in [-0.15, -0.1) is 11.6 Å². The van der Waals surface area contributed by atoms with E-state index in [0.717, 1.165) is 12.1 Å². The molecule has 0 radical (unpaired) electrons. The van der Waals surface area contributed by atoms with Gasteiger partial charge in [-0.1, -0.05) is 25.0 Å². The molecule has 0 spiro atoms. The summed E-state index contributed by atoms with van der Waals surface area (Å²) in [5.41, 5.74) is 1.56. The second-order valence-corrected chi connectivity index (χ2v) is 5.18. The van der Waals surface area contributed by atoms with Gasteiger partial charge in [0.2, 0.25) is 0 Å². The smallest absolute Gasteiger partial charge is 0.146 e. The molecule has 1 aliphatic rings. The van der Waals surface area contributed by atoms with Crippen molar-refractivity contribution in [1.82, 2.24) is 0 Å². The maximum atomic E-state index is 13.9. The van der Waals surface area contributed by atoms with E-state index in [1.54, 1.807) is 6.07 Å². The number of para-hydroxylation sites is 1. The monoisotopic (exact) mass is 255 g/mol. The van der Waals surface area contributed by atoms with E-state index in [-0.39, 0.29) is 5.82 Å². The number of anilines is 1. The first-order chi connectivity index (χ1) is 8.22. The van der Waals surface area contributed by atoms with E-state index in [1.165, 1.54) is 31.7 Å². The number of benzene rings is 1. The van der Waals surface area contributed by atoms with Crippen molar-refractivity contribution in [3.63, 3.8) is 0 Å². The highest BCUT2D eigenvalue weighted by atomic mass is 35.5. The van der Waals surface area contributed by atoms with E-state index in [2.05, 4.69) is 0 Å². The van der Waals surface area contributed by atoms with Crippen molar-refractivity contribution in [2.24, 2.45) is 5.92 Å². The lowest BCUT2D eigenvalue weighted by Gasteiger charge is -2.25. The van der Waals surface area contributed by atoms with Crippen LogP contribution in [-0.4, -0.2) is 13.6 Å². The molecule has 0 unspecified atom stereocenters. The fraction of sp³-hybridized carbons (Fsp3) is 0.571. The van der Waals surface area contributed by atoms with E-state index < -0.39 is 0 Å². The number of alkyl halides is 1. The molecule has 2 rings (SSSR count). The van der Waals surface area contributed by atoms with Gasteiger partial charge in [0.25, 0.3) is 0 Å². The van der Waals surface area contributed by atoms with Gasteiger partial charge in [0.05, 0.1) is 5.69 Å². The van der Waals surface area contributed by atoms with Crippen LogP contribution in [0.4, 0.5) is 10.1 Å². The van der Waals surface area contributed by atoms with Crippen LogP contribution in [0.3, 0.4) is 0 Å². The molecule has 1 aromatic rings. The van der Waals surface area contributed by atoms with Gasteiger partial charge in [0.1, 0.15) is 5.82 Å². The molecule has 0 aliphatic heterocycles. The Kier molecular flexibility index (Phi) is 4.27. The van der Waals surface area contributed by atoms with E-state index in [0.29, 0.717) is 17.5 Å². The van der Waals surface area contributed by atoms with Gasteiger partial charge >= 0.3 is 0 Å². The number of hydrogen-bond acceptors (Lipinski definition) is 1. The van der Waals surface area contributed by atoms with Crippen LogP contribution in [0.2, 0.25) is 0 Å². The van der Waals surface area contributed by atoms with Gasteiger partial charge < -0.3 is 4.90 Å². The maximum Gasteiger partial charge on any atom is 0.146 e. The predicted octanol–water partition coefficient (Wildman–Crippen LogP) is 4.19. The average Bonchev–Trinajstić information content (AvgIpc) is 2.81. The van der Waals surface area contributed by atoms with Gasteiger partial charge in [0.15, 0.2) is 0 Å². The zero-order valence-electron chi connectivity index (χ0n) is 10.3. The quantitative estimate of drug-likeness (QED) is 0.729. The summed E-state index contributed by atoms with van der Waals surface area (Å²) < 4.78 is 13.9. The van der Waals surface area contributed by atoms with Gasteiger partial charge in [-0.2, -0.15) is 0 Å². The lowest BCUT2D eigenvalue weighted by atomic mass is 10.1. The van der Waals surface area contributed by atoms with E-state index in [9.17, 15) is 4.39 Å². The Labute approximate surface area is 108 Å². The van der Waals surface area contributed by atoms with Crippen molar-refractivity contribution < 1.29 is 4.39 Å². The molecule has 0 amide bonds. The Balaban J connectivity index is 2.14. The molecule has 0 atom stereocenters. The second kappa shape index (κ2) is 5.72. The fourth-order valence-corrected chi connectivity index (χ4v) is 2.98. The minimum Gasteiger partial charge on any atom is -0.372 e. The van der Waals surface area contributed by atoms with Crippen molar-refractivity contribution in [3.8, 4) is 0 Å². The third-order valence-corrected chi connectivity index (χ3v) is 3.89. The molecular formula is C14H19ClFN. The van der Waals surface area contributed by atoms with E-state index in [4.69, 9.17) is 11.6 Å². The molecular weight excluding hydrogens is 237 g/mol. The van der Waals surface area contributed by atoms with Crippen LogP contribution in [0, 0.1) is 11.7 Å². The lowest BCUT2D eigenvalue weighted by molar-refractivity contribution is 0.538. The van der Waals surface area contributed by atoms with Crippen molar-refractivity contribution in [2.45, 2.75) is 31.6 Å². The Morgan fingerprint density at radius 3 is 2.71 bits per heavy atom. The van der Waals surface area contributed by atoms with E-state index in [1.807, 2.05) is 18.0 Å². The largest absolute Gasteiger partial charge is 0.372 e. The molecule has 17 heavy (non-hydrogen) atoms. The molecule has 0 aromatic heterocycles. The van der Waals surface area contributed by atoms with Gasteiger partial charge in [0, 0.05) is 19.5 Å². The zero-order valence-corrected chi connectivity index (χ0v) is 11.0. The molecule has 1 aliphatic carbocycles. The van der Waals surface area contributed by atoms with Crippen molar-refractivity contribution in [2.75, 3.05) is 18.5 Å². The Morgan fingerprint density at radius 2 is 2.06 bits per heavy atom. The second-order valence-electron chi connectivity index (χ2n) is 4.91. The Bertz CT molecular complexity index is 374. The molecule has 0 heterocycles. The minimum atomic E-state index is -0.163. The first-order valence-corrected chi connectivity index (χ1v) is 6.80. The zero-order chi connectivity index (χ0) is 12.3. The molecule has 1 nitrogen and oxygen atoms in total. The van der Waals surface area contributed by atoms with Crippen LogP contribution < -0.4 is 4.90 Å². The molecule has 0 bridgehead atoms. The fourth-order valence-electron chi connectivity index (χ4n) is 2.77. The average molecular weight is 256 g/mol. The SMILES string of the molecule is CN(CC1CCCC1)c1c(F)cccc1CCl. The Morgan fingerprint density at radius 1 is 1.35 bits per heavy atom. The maximum absolute atomic E-state index is 13.9. The van der Waals surface area contributed by atoms with Crippen LogP contribution in [0.25, 0.3) is 0 Å². The highest BCUT2D eigenvalue weighted by molar-refractivity contribution is 6.17. The number of nitrogens with zero attached hydrogens (tertiary/aromatic N) is 1. The first-order valence-electron chi connectivity index (χ1n) is 6.27. The van der Waals surface area contributed by atoms with E-state index >= 15 is 0 Å². The van der Waals surface area contributed by atoms with Crippen molar-refractivity contribution in [3.05, 3.63) is 29.6 Å². The molecule has 1 fully saturated rings. The number of hydrogen-bond donors (Lipinski definition) is 0. The van der Waals surface area contributed by atoms with Gasteiger partial charge in [-0.3, -0.25) is 0 Å². The van der Waals surface area contributed by atoms with Crippen LogP contribution in [-0.2, 0) is 5.88 Å². The summed E-state index contributed by atoms with van der Waals surface area (Å²) in [5, 5.41) is 0. The molecule has 0 saturated heterocycles. The standard InChI is InChI=1S/C14H19ClFN/c1-17(10-11-5-2-3-6-11)14-12(9-15)7-4-8-13(14)16/h4,7-8,11H,2-3,5-6,9-10H2,1H3. The van der Waals surface area contributed by atoms with Crippen LogP contribution in [0.15, 0.2) is 18.2 Å². The first kappa shape index (κ1) is 12.7. The molecule has 1 saturated carbocycles. The lowest BCUT2D eigenvalue weighted by Crippen LogP contribution is -2.25. The summed E-state index contributed by atoms with van der Waals surface area (Å²) >= 11 is 5.87. The van der Waals surface area contributed by atoms with Crippen LogP contribution >= 0.6 is 11.6 Å². The summed E-state index contributed by atoms with van der Waals surface area (Å²) in [4.78, 5) is 2.03. The highest BCUT2D eigenvalue weighted by Crippen LogP contribution is 2.30. The van der Waals surface area contributed by atoms with Crippen LogP contribution in [0.5, 0.6) is 0 Å². The topological polar surface area (TPSA) is 3.24 Å². The summed E-state index contributed by atoms with van der Waals surface area (Å²) in [6, 6.07) is 5.13. The predicted molar refractivity (Wildman–Crippen MR) is 71.2 cm³/mol. The van der Waals surface area contributed by atoms with Crippen molar-refractivity contribution >= 4 is 17.3 Å². The summed E-state index contributed by atoms with van der Waals surface area (Å²) in [5.74, 6) is 0.911. The number of rotatable bonds is 4. The Hall–Kier alpha value is -0.760. The van der Waals surface area contributed by atoms with Gasteiger partial charge in [-0.25, -0.2) is 4.39 Å². The highest BCUT2D eigenvalue weighted by Gasteiger charge is 2.19. The third kappa shape index (κ3) is 2.92. The number of halogens is 2. The minimum absolute atomic E-state index is 0.163. The molecule has 3 heteroatoms. The van der Waals surface area contributed by atoms with Gasteiger partial charge in [-0.05, 0) is 30.4 Å². The third-order valence-electron chi connectivity index (χ3n) is 3.60. The van der Waals surface area contributed by atoms with Crippen LogP contribution in [0.1, 0.15) is 31.2 Å². The molecule has 94 valence electrons. The summed E-state index contributed by atoms with van der Waals surface area (Å²) in [7, 11) is 1.97. The normalized spacial score (nSPS) is 16.4. The molecule has 1 aromatic carbocycles. The summed E-state index contributed by atoms with van der Waals surface area (Å²) in [6.45, 7) is 0.935. The molecule has 0 N–H and O–H groups in total.